The highest BCUT2D eigenvalue weighted by Gasteiger charge is 2.08. The van der Waals surface area contributed by atoms with Gasteiger partial charge in [-0.05, 0) is 43.0 Å². The van der Waals surface area contributed by atoms with E-state index in [-0.39, 0.29) is 5.75 Å². The highest BCUT2D eigenvalue weighted by atomic mass is 16.3. The van der Waals surface area contributed by atoms with E-state index in [1.807, 2.05) is 13.8 Å². The maximum absolute atomic E-state index is 9.59. The zero-order chi connectivity index (χ0) is 9.30. The standard InChI is InChI=1S/C10H14O2/c1-4-8-5-9(11)6(2)7(3)10(8)12/h5,11-12H,4H2,1-3H3. The van der Waals surface area contributed by atoms with Crippen LogP contribution in [0.3, 0.4) is 0 Å². The van der Waals surface area contributed by atoms with E-state index < -0.39 is 0 Å². The zero-order valence-corrected chi connectivity index (χ0v) is 7.68. The van der Waals surface area contributed by atoms with Crippen LogP contribution in [0.4, 0.5) is 0 Å². The molecule has 0 saturated carbocycles. The van der Waals surface area contributed by atoms with Crippen LogP contribution >= 0.6 is 0 Å². The summed E-state index contributed by atoms with van der Waals surface area (Å²) < 4.78 is 0. The van der Waals surface area contributed by atoms with E-state index in [2.05, 4.69) is 0 Å². The summed E-state index contributed by atoms with van der Waals surface area (Å²) in [7, 11) is 0. The van der Waals surface area contributed by atoms with Crippen molar-refractivity contribution in [1.29, 1.82) is 0 Å². The van der Waals surface area contributed by atoms with Crippen LogP contribution in [0.15, 0.2) is 6.07 Å². The molecule has 0 aliphatic heterocycles. The van der Waals surface area contributed by atoms with Gasteiger partial charge in [0.05, 0.1) is 0 Å². The Morgan fingerprint density at radius 2 is 1.75 bits per heavy atom. The van der Waals surface area contributed by atoms with Crippen LogP contribution in [0.5, 0.6) is 11.5 Å². The van der Waals surface area contributed by atoms with Crippen molar-refractivity contribution in [3.63, 3.8) is 0 Å². The summed E-state index contributed by atoms with van der Waals surface area (Å²) in [5.74, 6) is 0.579. The molecule has 1 rings (SSSR count). The molecule has 0 bridgehead atoms. The molecular formula is C10H14O2. The van der Waals surface area contributed by atoms with Gasteiger partial charge in [-0.15, -0.1) is 0 Å². The van der Waals surface area contributed by atoms with E-state index in [0.717, 1.165) is 23.1 Å². The number of aryl methyl sites for hydroxylation is 1. The smallest absolute Gasteiger partial charge is 0.122 e. The molecule has 0 aliphatic carbocycles. The molecule has 2 N–H and O–H groups in total. The van der Waals surface area contributed by atoms with E-state index in [0.29, 0.717) is 5.75 Å². The molecule has 2 heteroatoms. The van der Waals surface area contributed by atoms with Gasteiger partial charge in [0.15, 0.2) is 0 Å². The molecule has 12 heavy (non-hydrogen) atoms. The first-order chi connectivity index (χ1) is 5.57. The fourth-order valence-electron chi connectivity index (χ4n) is 1.22. The molecule has 0 atom stereocenters. The lowest BCUT2D eigenvalue weighted by atomic mass is 10.0. The number of rotatable bonds is 1. The van der Waals surface area contributed by atoms with Gasteiger partial charge >= 0.3 is 0 Å². The summed E-state index contributed by atoms with van der Waals surface area (Å²) in [6.45, 7) is 5.55. The van der Waals surface area contributed by atoms with Crippen LogP contribution in [0.2, 0.25) is 0 Å². The van der Waals surface area contributed by atoms with E-state index in [1.54, 1.807) is 13.0 Å². The first kappa shape index (κ1) is 8.91. The molecule has 0 saturated heterocycles. The van der Waals surface area contributed by atoms with Crippen molar-refractivity contribution >= 4 is 0 Å². The Balaban J connectivity index is 3.39. The highest BCUT2D eigenvalue weighted by Crippen LogP contribution is 2.31. The number of aromatic hydroxyl groups is 2. The fraction of sp³-hybridized carbons (Fsp3) is 0.400. The predicted octanol–water partition coefficient (Wildman–Crippen LogP) is 2.28. The monoisotopic (exact) mass is 166 g/mol. The maximum Gasteiger partial charge on any atom is 0.122 e. The van der Waals surface area contributed by atoms with Crippen molar-refractivity contribution in [2.24, 2.45) is 0 Å². The Morgan fingerprint density at radius 1 is 1.17 bits per heavy atom. The predicted molar refractivity (Wildman–Crippen MR) is 48.6 cm³/mol. The molecule has 1 aromatic rings. The Hall–Kier alpha value is -1.18. The lowest BCUT2D eigenvalue weighted by molar-refractivity contribution is 0.447. The van der Waals surface area contributed by atoms with Gasteiger partial charge < -0.3 is 10.2 Å². The first-order valence-corrected chi connectivity index (χ1v) is 4.09. The second-order valence-electron chi connectivity index (χ2n) is 3.01. The Labute approximate surface area is 72.5 Å². The third-order valence-electron chi connectivity index (χ3n) is 2.30. The van der Waals surface area contributed by atoms with Crippen LogP contribution in [0.1, 0.15) is 23.6 Å². The summed E-state index contributed by atoms with van der Waals surface area (Å²) in [4.78, 5) is 0. The first-order valence-electron chi connectivity index (χ1n) is 4.09. The number of hydrogen-bond donors (Lipinski definition) is 2. The fourth-order valence-corrected chi connectivity index (χ4v) is 1.22. The summed E-state index contributed by atoms with van der Waals surface area (Å²) in [6.07, 6.45) is 0.737. The minimum absolute atomic E-state index is 0.266. The molecule has 66 valence electrons. The van der Waals surface area contributed by atoms with Crippen LogP contribution in [0, 0.1) is 13.8 Å². The van der Waals surface area contributed by atoms with Crippen molar-refractivity contribution in [1.82, 2.24) is 0 Å². The van der Waals surface area contributed by atoms with Crippen molar-refractivity contribution in [2.45, 2.75) is 27.2 Å². The molecular weight excluding hydrogens is 152 g/mol. The zero-order valence-electron chi connectivity index (χ0n) is 7.68. The van der Waals surface area contributed by atoms with E-state index in [4.69, 9.17) is 0 Å². The third kappa shape index (κ3) is 1.24. The highest BCUT2D eigenvalue weighted by molar-refractivity contribution is 5.51. The molecule has 0 amide bonds. The third-order valence-corrected chi connectivity index (χ3v) is 2.30. The summed E-state index contributed by atoms with van der Waals surface area (Å²) in [5.41, 5.74) is 2.33. The Bertz CT molecular complexity index is 303. The van der Waals surface area contributed by atoms with Gasteiger partial charge in [-0.1, -0.05) is 6.92 Å². The molecule has 0 heterocycles. The quantitative estimate of drug-likeness (QED) is 0.628. The summed E-state index contributed by atoms with van der Waals surface area (Å²) in [6, 6.07) is 1.62. The molecule has 0 unspecified atom stereocenters. The van der Waals surface area contributed by atoms with Gasteiger partial charge in [0.2, 0.25) is 0 Å². The molecule has 1 aromatic carbocycles. The molecule has 0 aromatic heterocycles. The topological polar surface area (TPSA) is 40.5 Å². The number of phenolic OH excluding ortho intramolecular Hbond substituents is 2. The van der Waals surface area contributed by atoms with E-state index >= 15 is 0 Å². The average Bonchev–Trinajstić information content (AvgIpc) is 2.08. The second-order valence-corrected chi connectivity index (χ2v) is 3.01. The summed E-state index contributed by atoms with van der Waals surface area (Å²) in [5, 5.41) is 19.0. The largest absolute Gasteiger partial charge is 0.508 e. The van der Waals surface area contributed by atoms with Crippen LogP contribution < -0.4 is 0 Å². The van der Waals surface area contributed by atoms with Gasteiger partial charge in [0.1, 0.15) is 11.5 Å². The van der Waals surface area contributed by atoms with Gasteiger partial charge in [0, 0.05) is 0 Å². The Kier molecular flexibility index (Phi) is 2.27. The van der Waals surface area contributed by atoms with Gasteiger partial charge in [-0.3, -0.25) is 0 Å². The van der Waals surface area contributed by atoms with Crippen LogP contribution in [0.25, 0.3) is 0 Å². The minimum Gasteiger partial charge on any atom is -0.508 e. The molecule has 0 aliphatic rings. The summed E-state index contributed by atoms with van der Waals surface area (Å²) >= 11 is 0. The van der Waals surface area contributed by atoms with Gasteiger partial charge in [-0.25, -0.2) is 0 Å². The number of phenols is 2. The van der Waals surface area contributed by atoms with E-state index in [9.17, 15) is 10.2 Å². The molecule has 0 fully saturated rings. The number of benzene rings is 1. The van der Waals surface area contributed by atoms with Crippen molar-refractivity contribution < 1.29 is 10.2 Å². The molecule has 2 nitrogen and oxygen atoms in total. The minimum atomic E-state index is 0.266. The van der Waals surface area contributed by atoms with Crippen LogP contribution in [-0.2, 0) is 6.42 Å². The van der Waals surface area contributed by atoms with Crippen molar-refractivity contribution in [3.05, 3.63) is 22.8 Å². The lowest BCUT2D eigenvalue weighted by Gasteiger charge is -2.09. The van der Waals surface area contributed by atoms with Crippen LogP contribution in [-0.4, -0.2) is 10.2 Å². The van der Waals surface area contributed by atoms with Crippen molar-refractivity contribution in [3.8, 4) is 11.5 Å². The average molecular weight is 166 g/mol. The lowest BCUT2D eigenvalue weighted by Crippen LogP contribution is -1.89. The normalized spacial score (nSPS) is 10.2. The molecule has 0 spiro atoms. The SMILES string of the molecule is CCc1cc(O)c(C)c(C)c1O. The molecule has 0 radical (unpaired) electrons. The van der Waals surface area contributed by atoms with Crippen molar-refractivity contribution in [2.75, 3.05) is 0 Å². The maximum atomic E-state index is 9.59. The van der Waals surface area contributed by atoms with Gasteiger partial charge in [0.25, 0.3) is 0 Å². The Morgan fingerprint density at radius 3 is 2.25 bits per heavy atom. The van der Waals surface area contributed by atoms with Gasteiger partial charge in [-0.2, -0.15) is 0 Å². The van der Waals surface area contributed by atoms with E-state index in [1.165, 1.54) is 0 Å². The number of hydrogen-bond acceptors (Lipinski definition) is 2. The second kappa shape index (κ2) is 3.05.